The van der Waals surface area contributed by atoms with E-state index in [0.717, 1.165) is 17.4 Å². The van der Waals surface area contributed by atoms with Gasteiger partial charge in [-0.05, 0) is 12.1 Å². The number of pyridine rings is 1. The van der Waals surface area contributed by atoms with Crippen LogP contribution in [0.3, 0.4) is 0 Å². The number of aromatic nitrogens is 2. The molecule has 0 aliphatic rings. The van der Waals surface area contributed by atoms with Gasteiger partial charge >= 0.3 is 5.97 Å². The maximum atomic E-state index is 13.5. The quantitative estimate of drug-likeness (QED) is 0.827. The molecular weight excluding hydrogens is 321 g/mol. The number of anilines is 1. The molecule has 21 heavy (non-hydrogen) atoms. The molecule has 2 heterocycles. The second kappa shape index (κ2) is 6.14. The van der Waals surface area contributed by atoms with Crippen molar-refractivity contribution in [2.24, 2.45) is 0 Å². The Balaban J connectivity index is 2.18. The van der Waals surface area contributed by atoms with Crippen LogP contribution < -0.4 is 4.72 Å². The lowest BCUT2D eigenvalue weighted by atomic mass is 10.3. The number of nitrogens with one attached hydrogen (secondary N) is 1. The average Bonchev–Trinajstić information content (AvgIpc) is 2.85. The minimum absolute atomic E-state index is 0.0129. The van der Waals surface area contributed by atoms with Gasteiger partial charge in [0.25, 0.3) is 10.0 Å². The molecule has 10 heteroatoms. The molecule has 0 saturated carbocycles. The lowest BCUT2D eigenvalue weighted by Crippen LogP contribution is -2.16. The zero-order chi connectivity index (χ0) is 15.5. The molecule has 0 radical (unpaired) electrons. The van der Waals surface area contributed by atoms with Crippen molar-refractivity contribution in [3.63, 3.8) is 0 Å². The molecule has 0 bridgehead atoms. The van der Waals surface area contributed by atoms with E-state index in [1.165, 1.54) is 24.8 Å². The van der Waals surface area contributed by atoms with Gasteiger partial charge < -0.3 is 4.74 Å². The molecule has 0 aromatic carbocycles. The van der Waals surface area contributed by atoms with Gasteiger partial charge in [0.1, 0.15) is 0 Å². The Morgan fingerprint density at radius 3 is 2.95 bits per heavy atom. The van der Waals surface area contributed by atoms with Gasteiger partial charge in [-0.1, -0.05) is 0 Å². The van der Waals surface area contributed by atoms with Crippen molar-refractivity contribution in [3.05, 3.63) is 35.2 Å². The van der Waals surface area contributed by atoms with Crippen LogP contribution in [0.2, 0.25) is 0 Å². The molecule has 0 fully saturated rings. The number of esters is 1. The Morgan fingerprint density at radius 1 is 1.52 bits per heavy atom. The summed E-state index contributed by atoms with van der Waals surface area (Å²) in [6.45, 7) is 0. The van der Waals surface area contributed by atoms with Crippen LogP contribution in [0.25, 0.3) is 0 Å². The molecule has 7 nitrogen and oxygen atoms in total. The number of methoxy groups -OCH3 is 1. The lowest BCUT2D eigenvalue weighted by Gasteiger charge is -2.04. The van der Waals surface area contributed by atoms with E-state index in [1.807, 2.05) is 0 Å². The smallest absolute Gasteiger partial charge is 0.311 e. The van der Waals surface area contributed by atoms with Crippen LogP contribution in [0, 0.1) is 5.82 Å². The highest BCUT2D eigenvalue weighted by atomic mass is 32.2. The Bertz CT molecular complexity index is 760. The van der Waals surface area contributed by atoms with Gasteiger partial charge in [0, 0.05) is 11.6 Å². The lowest BCUT2D eigenvalue weighted by molar-refractivity contribution is -0.139. The number of sulfonamides is 1. The van der Waals surface area contributed by atoms with E-state index < -0.39 is 26.8 Å². The van der Waals surface area contributed by atoms with Gasteiger partial charge in [0.2, 0.25) is 5.03 Å². The monoisotopic (exact) mass is 331 g/mol. The molecule has 1 N–H and O–H groups in total. The molecule has 2 rings (SSSR count). The molecule has 0 aliphatic carbocycles. The van der Waals surface area contributed by atoms with E-state index in [9.17, 15) is 17.6 Å². The van der Waals surface area contributed by atoms with Crippen LogP contribution in [0.4, 0.5) is 9.52 Å². The normalized spacial score (nSPS) is 11.1. The van der Waals surface area contributed by atoms with Crippen LogP contribution in [-0.2, 0) is 26.0 Å². The first-order valence-electron chi connectivity index (χ1n) is 5.57. The molecule has 2 aromatic heterocycles. The maximum Gasteiger partial charge on any atom is 0.311 e. The maximum absolute atomic E-state index is 13.5. The van der Waals surface area contributed by atoms with Gasteiger partial charge in [-0.25, -0.2) is 14.4 Å². The molecule has 0 saturated heterocycles. The van der Waals surface area contributed by atoms with Crippen molar-refractivity contribution < 1.29 is 22.3 Å². The molecule has 0 unspecified atom stereocenters. The highest BCUT2D eigenvalue weighted by molar-refractivity contribution is 7.92. The molecular formula is C11H10FN3O4S2. The molecule has 2 aromatic rings. The number of ether oxygens (including phenoxy) is 1. The van der Waals surface area contributed by atoms with Gasteiger partial charge in [0.15, 0.2) is 10.9 Å². The van der Waals surface area contributed by atoms with E-state index in [2.05, 4.69) is 19.4 Å². The number of carbonyl (C=O) groups is 1. The van der Waals surface area contributed by atoms with Crippen LogP contribution in [0.1, 0.15) is 5.69 Å². The summed E-state index contributed by atoms with van der Waals surface area (Å²) in [6.07, 6.45) is 1.09. The third-order valence-corrected chi connectivity index (χ3v) is 4.51. The summed E-state index contributed by atoms with van der Waals surface area (Å²) in [4.78, 5) is 18.5. The topological polar surface area (TPSA) is 98.2 Å². The standard InChI is InChI=1S/C11H10FN3O4S2/c1-19-9(16)5-7-6-20-11(14-7)15-21(17,18)10-8(12)3-2-4-13-10/h2-4,6H,5H2,1H3,(H,14,15). The first kappa shape index (κ1) is 15.3. The van der Waals surface area contributed by atoms with E-state index in [1.54, 1.807) is 0 Å². The van der Waals surface area contributed by atoms with Crippen molar-refractivity contribution in [1.82, 2.24) is 9.97 Å². The van der Waals surface area contributed by atoms with Crippen molar-refractivity contribution in [1.29, 1.82) is 0 Å². The van der Waals surface area contributed by atoms with E-state index in [0.29, 0.717) is 5.69 Å². The Morgan fingerprint density at radius 2 is 2.29 bits per heavy atom. The van der Waals surface area contributed by atoms with Crippen molar-refractivity contribution in [3.8, 4) is 0 Å². The summed E-state index contributed by atoms with van der Waals surface area (Å²) >= 11 is 0.970. The number of halogens is 1. The molecule has 0 amide bonds. The summed E-state index contributed by atoms with van der Waals surface area (Å²) in [7, 11) is -2.93. The fourth-order valence-electron chi connectivity index (χ4n) is 1.39. The molecule has 0 aliphatic heterocycles. The van der Waals surface area contributed by atoms with Crippen molar-refractivity contribution in [2.45, 2.75) is 11.4 Å². The second-order valence-corrected chi connectivity index (χ2v) is 6.25. The van der Waals surface area contributed by atoms with Crippen molar-refractivity contribution in [2.75, 3.05) is 11.8 Å². The molecule has 0 atom stereocenters. The van der Waals surface area contributed by atoms with Gasteiger partial charge in [0.05, 0.1) is 19.2 Å². The highest BCUT2D eigenvalue weighted by Gasteiger charge is 2.22. The molecule has 112 valence electrons. The van der Waals surface area contributed by atoms with Crippen LogP contribution in [-0.4, -0.2) is 31.5 Å². The minimum Gasteiger partial charge on any atom is -0.469 e. The second-order valence-electron chi connectivity index (χ2n) is 3.79. The van der Waals surface area contributed by atoms with E-state index in [-0.39, 0.29) is 11.6 Å². The number of hydrogen-bond donors (Lipinski definition) is 1. The average molecular weight is 331 g/mol. The summed E-state index contributed by atoms with van der Waals surface area (Å²) in [6, 6.07) is 2.28. The first-order valence-corrected chi connectivity index (χ1v) is 7.93. The van der Waals surface area contributed by atoms with Gasteiger partial charge in [-0.2, -0.15) is 8.42 Å². The van der Waals surface area contributed by atoms with E-state index >= 15 is 0 Å². The van der Waals surface area contributed by atoms with Crippen LogP contribution in [0.5, 0.6) is 0 Å². The minimum atomic E-state index is -4.17. The molecule has 0 spiro atoms. The number of nitrogens with zero attached hydrogens (tertiary/aromatic N) is 2. The van der Waals surface area contributed by atoms with Crippen LogP contribution >= 0.6 is 11.3 Å². The Labute approximate surface area is 123 Å². The Hall–Kier alpha value is -2.07. The predicted molar refractivity (Wildman–Crippen MR) is 72.8 cm³/mol. The largest absolute Gasteiger partial charge is 0.469 e. The van der Waals surface area contributed by atoms with Crippen LogP contribution in [0.15, 0.2) is 28.7 Å². The number of thiazole rings is 1. The summed E-state index contributed by atoms with van der Waals surface area (Å²) in [5, 5.41) is 0.803. The number of rotatable bonds is 5. The van der Waals surface area contributed by atoms with Gasteiger partial charge in [-0.15, -0.1) is 11.3 Å². The predicted octanol–water partition coefficient (Wildman–Crippen LogP) is 1.19. The zero-order valence-electron chi connectivity index (χ0n) is 10.7. The SMILES string of the molecule is COC(=O)Cc1csc(NS(=O)(=O)c2ncccc2F)n1. The summed E-state index contributed by atoms with van der Waals surface area (Å²) < 4.78 is 44.0. The first-order chi connectivity index (χ1) is 9.92. The fraction of sp³-hybridized carbons (Fsp3) is 0.182. The Kier molecular flexibility index (Phi) is 4.48. The highest BCUT2D eigenvalue weighted by Crippen LogP contribution is 2.20. The third kappa shape index (κ3) is 3.73. The number of carbonyl (C=O) groups excluding carboxylic acids is 1. The summed E-state index contributed by atoms with van der Waals surface area (Å²) in [5.41, 5.74) is 0.353. The summed E-state index contributed by atoms with van der Waals surface area (Å²) in [5.74, 6) is -1.46. The zero-order valence-corrected chi connectivity index (χ0v) is 12.4. The fourth-order valence-corrected chi connectivity index (χ4v) is 3.36. The van der Waals surface area contributed by atoms with E-state index in [4.69, 9.17) is 0 Å². The van der Waals surface area contributed by atoms with Gasteiger partial charge in [-0.3, -0.25) is 9.52 Å². The third-order valence-electron chi connectivity index (χ3n) is 2.31. The van der Waals surface area contributed by atoms with Crippen molar-refractivity contribution >= 4 is 32.5 Å². The number of hydrogen-bond acceptors (Lipinski definition) is 7.